The van der Waals surface area contributed by atoms with Crippen LogP contribution in [0.25, 0.3) is 11.4 Å². The molecule has 18 heavy (non-hydrogen) atoms. The second-order valence-electron chi connectivity index (χ2n) is 3.19. The first-order chi connectivity index (χ1) is 8.85. The van der Waals surface area contributed by atoms with E-state index >= 15 is 0 Å². The van der Waals surface area contributed by atoms with Crippen LogP contribution in [0.4, 0.5) is 0 Å². The third-order valence-corrected chi connectivity index (χ3v) is 2.38. The molecular weight excluding hydrogens is 255 g/mol. The first kappa shape index (κ1) is 12.6. The van der Waals surface area contributed by atoms with E-state index in [1.54, 1.807) is 36.9 Å². The Labute approximate surface area is 105 Å². The molecule has 2 heterocycles. The van der Waals surface area contributed by atoms with Gasteiger partial charge in [0, 0.05) is 31.1 Å². The summed E-state index contributed by atoms with van der Waals surface area (Å²) < 4.78 is 21.5. The highest BCUT2D eigenvalue weighted by atomic mass is 31.1. The topological polar surface area (TPSA) is 78.1 Å². The van der Waals surface area contributed by atoms with Crippen molar-refractivity contribution < 1.29 is 18.5 Å². The van der Waals surface area contributed by atoms with Gasteiger partial charge >= 0.3 is 15.1 Å². The van der Waals surface area contributed by atoms with E-state index < -0.39 is 15.1 Å². The zero-order chi connectivity index (χ0) is 12.8. The molecule has 0 bridgehead atoms. The van der Waals surface area contributed by atoms with Crippen molar-refractivity contribution in [3.05, 3.63) is 36.9 Å². The van der Waals surface area contributed by atoms with Crippen LogP contribution in [-0.4, -0.2) is 22.2 Å². The molecule has 0 aromatic carbocycles. The van der Waals surface area contributed by atoms with Gasteiger partial charge in [0.2, 0.25) is 6.20 Å². The van der Waals surface area contributed by atoms with Crippen LogP contribution in [0.2, 0.25) is 0 Å². The Morgan fingerprint density at radius 1 is 1.39 bits per heavy atom. The number of methoxy groups -OCH3 is 1. The Hall–Kier alpha value is -1.82. The highest BCUT2D eigenvalue weighted by Gasteiger charge is 2.21. The molecule has 92 valence electrons. The van der Waals surface area contributed by atoms with E-state index in [0.29, 0.717) is 5.82 Å². The molecule has 0 amide bonds. The Balaban J connectivity index is 2.22. The lowest BCUT2D eigenvalue weighted by atomic mass is 10.3. The second-order valence-corrected chi connectivity index (χ2v) is 3.55. The van der Waals surface area contributed by atoms with Gasteiger partial charge in [-0.2, -0.15) is 0 Å². The third-order valence-electron chi connectivity index (χ3n) is 2.11. The van der Waals surface area contributed by atoms with Crippen molar-refractivity contribution in [2.24, 2.45) is 0 Å². The van der Waals surface area contributed by atoms with Crippen molar-refractivity contribution in [1.82, 2.24) is 15.1 Å². The van der Waals surface area contributed by atoms with Gasteiger partial charge in [0.1, 0.15) is 6.20 Å². The van der Waals surface area contributed by atoms with Gasteiger partial charge < -0.3 is 0 Å². The minimum absolute atomic E-state index is 0.475. The summed E-state index contributed by atoms with van der Waals surface area (Å²) in [5, 5.41) is 4.09. The summed E-state index contributed by atoms with van der Waals surface area (Å²) in [4.78, 5) is 8.21. The van der Waals surface area contributed by atoms with E-state index in [1.807, 2.05) is 0 Å². The molecule has 0 radical (unpaired) electrons. The molecule has 0 N–H and O–H groups in total. The highest BCUT2D eigenvalue weighted by Crippen LogP contribution is 2.11. The fourth-order valence-corrected chi connectivity index (χ4v) is 1.56. The van der Waals surface area contributed by atoms with E-state index in [2.05, 4.69) is 15.1 Å². The van der Waals surface area contributed by atoms with Crippen molar-refractivity contribution in [2.75, 3.05) is 7.11 Å². The molecule has 0 aliphatic heterocycles. The molecule has 0 saturated heterocycles. The zero-order valence-electron chi connectivity index (χ0n) is 9.50. The molecule has 0 fully saturated rings. The van der Waals surface area contributed by atoms with Crippen LogP contribution >= 0.6 is 8.69 Å². The van der Waals surface area contributed by atoms with E-state index in [1.165, 1.54) is 11.8 Å². The van der Waals surface area contributed by atoms with Gasteiger partial charge in [0.05, 0.1) is 0 Å². The predicted molar refractivity (Wildman–Crippen MR) is 60.2 cm³/mol. The molecule has 7 nitrogen and oxygen atoms in total. The summed E-state index contributed by atoms with van der Waals surface area (Å²) in [7, 11) is 0.954. The van der Waals surface area contributed by atoms with Crippen LogP contribution in [0, 0.1) is 0 Å². The normalized spacial score (nSPS) is 12.5. The summed E-state index contributed by atoms with van der Waals surface area (Å²) in [6.07, 6.45) is 5.67. The Morgan fingerprint density at radius 3 is 2.72 bits per heavy atom. The summed E-state index contributed by atoms with van der Waals surface area (Å²) in [5.74, 6) is 0.578. The number of ether oxygens (including phenoxy) is 1. The van der Waals surface area contributed by atoms with Gasteiger partial charge in [0.15, 0.2) is 5.82 Å². The third kappa shape index (κ3) is 2.89. The number of rotatable bonds is 5. The van der Waals surface area contributed by atoms with Crippen LogP contribution in [-0.2, 0) is 13.8 Å². The minimum atomic E-state index is -0.838. The Kier molecular flexibility index (Phi) is 4.35. The van der Waals surface area contributed by atoms with Crippen LogP contribution in [0.5, 0.6) is 0 Å². The quantitative estimate of drug-likeness (QED) is 0.458. The van der Waals surface area contributed by atoms with E-state index in [-0.39, 0.29) is 0 Å². The number of hydrogen-bond acceptors (Lipinski definition) is 6. The van der Waals surface area contributed by atoms with Gasteiger partial charge in [0.25, 0.3) is 0 Å². The first-order valence-corrected chi connectivity index (χ1v) is 5.74. The lowest BCUT2D eigenvalue weighted by Gasteiger charge is -2.03. The molecule has 0 spiro atoms. The molecule has 2 rings (SSSR count). The van der Waals surface area contributed by atoms with E-state index in [0.717, 1.165) is 5.56 Å². The average molecular weight is 265 g/mol. The fourth-order valence-electron chi connectivity index (χ4n) is 1.31. The second kappa shape index (κ2) is 6.20. The van der Waals surface area contributed by atoms with Crippen LogP contribution in [0.1, 0.15) is 6.41 Å². The summed E-state index contributed by atoms with van der Waals surface area (Å²) >= 11 is 0. The van der Waals surface area contributed by atoms with Gasteiger partial charge in [-0.1, -0.05) is 0 Å². The smallest absolute Gasteiger partial charge is 0.298 e. The lowest BCUT2D eigenvalue weighted by Crippen LogP contribution is -2.44. The van der Waals surface area contributed by atoms with Crippen molar-refractivity contribution >= 4 is 8.69 Å². The minimum Gasteiger partial charge on any atom is -0.298 e. The van der Waals surface area contributed by atoms with E-state index in [9.17, 15) is 4.57 Å². The predicted octanol–water partition coefficient (Wildman–Crippen LogP) is 1.15. The maximum atomic E-state index is 10.4. The maximum absolute atomic E-state index is 10.4. The van der Waals surface area contributed by atoms with Crippen LogP contribution in [0.15, 0.2) is 36.9 Å². The Morgan fingerprint density at radius 2 is 2.17 bits per heavy atom. The summed E-state index contributed by atoms with van der Waals surface area (Å²) in [6, 6.07) is 3.50. The molecule has 2 aromatic heterocycles. The molecule has 1 atom stereocenters. The lowest BCUT2D eigenvalue weighted by molar-refractivity contribution is -0.840. The van der Waals surface area contributed by atoms with Crippen LogP contribution in [0.3, 0.4) is 0 Å². The molecule has 8 heteroatoms. The molecule has 2 aromatic rings. The number of aromatic nitrogens is 4. The monoisotopic (exact) mass is 265 g/mol. The van der Waals surface area contributed by atoms with E-state index in [4.69, 9.17) is 9.26 Å². The molecular formula is C10H10N4O3P+. The van der Waals surface area contributed by atoms with Gasteiger partial charge in [-0.05, 0) is 15.8 Å². The number of hydrogen-bond donors (Lipinski definition) is 0. The van der Waals surface area contributed by atoms with Crippen molar-refractivity contribution in [3.63, 3.8) is 0 Å². The zero-order valence-corrected chi connectivity index (χ0v) is 10.4. The largest absolute Gasteiger partial charge is 0.415 e. The Bertz CT molecular complexity index is 508. The van der Waals surface area contributed by atoms with Gasteiger partial charge in [-0.25, -0.2) is 19.1 Å². The van der Waals surface area contributed by atoms with Crippen molar-refractivity contribution in [2.45, 2.75) is 6.41 Å². The SMILES string of the molecule is COC(OP=O)[n+]1ccc(-c2ncccn2)cn1. The maximum Gasteiger partial charge on any atom is 0.415 e. The highest BCUT2D eigenvalue weighted by molar-refractivity contribution is 7.17. The molecule has 1 unspecified atom stereocenters. The summed E-state index contributed by atoms with van der Waals surface area (Å²) in [6.45, 7) is 0. The van der Waals surface area contributed by atoms with Crippen LogP contribution < -0.4 is 4.68 Å². The molecule has 0 aliphatic rings. The molecule has 0 saturated carbocycles. The molecule has 0 aliphatic carbocycles. The standard InChI is InChI=1S/C10H10N4O3P/c1-16-10(17-18-15)14-6-3-8(7-13-14)9-11-4-2-5-12-9/h2-7,10H,1H3/q+1. The number of nitrogens with zero attached hydrogens (tertiary/aromatic N) is 4. The average Bonchev–Trinajstić information content (AvgIpc) is 2.46. The van der Waals surface area contributed by atoms with Crippen molar-refractivity contribution in [3.8, 4) is 11.4 Å². The van der Waals surface area contributed by atoms with Gasteiger partial charge in [-0.3, -0.25) is 4.74 Å². The van der Waals surface area contributed by atoms with Gasteiger partial charge in [-0.15, -0.1) is 0 Å². The van der Waals surface area contributed by atoms with Crippen molar-refractivity contribution in [1.29, 1.82) is 0 Å². The first-order valence-electron chi connectivity index (χ1n) is 5.01. The fraction of sp³-hybridized carbons (Fsp3) is 0.200. The summed E-state index contributed by atoms with van der Waals surface area (Å²) in [5.41, 5.74) is 0.765.